The van der Waals surface area contributed by atoms with Gasteiger partial charge in [0.25, 0.3) is 5.91 Å². The molecule has 2 N–H and O–H groups in total. The minimum atomic E-state index is -0.337. The van der Waals surface area contributed by atoms with Crippen LogP contribution in [0.3, 0.4) is 0 Å². The zero-order valence-corrected chi connectivity index (χ0v) is 16.9. The van der Waals surface area contributed by atoms with E-state index in [-0.39, 0.29) is 23.3 Å². The van der Waals surface area contributed by atoms with Gasteiger partial charge in [0, 0.05) is 27.2 Å². The van der Waals surface area contributed by atoms with Gasteiger partial charge < -0.3 is 15.1 Å². The van der Waals surface area contributed by atoms with Crippen LogP contribution in [-0.2, 0) is 10.5 Å². The zero-order valence-electron chi connectivity index (χ0n) is 14.6. The Kier molecular flexibility index (Phi) is 7.03. The van der Waals surface area contributed by atoms with Crippen LogP contribution in [-0.4, -0.2) is 17.6 Å². The fraction of sp³-hybridized carbons (Fsp3) is 0.100. The molecule has 0 aliphatic heterocycles. The molecule has 0 spiro atoms. The molecule has 0 fully saturated rings. The molecule has 1 aromatic heterocycles. The van der Waals surface area contributed by atoms with E-state index in [0.717, 1.165) is 5.56 Å². The van der Waals surface area contributed by atoms with Gasteiger partial charge in [-0.25, -0.2) is 0 Å². The van der Waals surface area contributed by atoms with Crippen molar-refractivity contribution in [2.24, 2.45) is 0 Å². The summed E-state index contributed by atoms with van der Waals surface area (Å²) in [5.74, 6) is 0.562. The Labute approximate surface area is 176 Å². The van der Waals surface area contributed by atoms with E-state index in [1.807, 2.05) is 0 Å². The van der Waals surface area contributed by atoms with Crippen molar-refractivity contribution in [3.8, 4) is 0 Å². The smallest absolute Gasteiger partial charge is 0.291 e. The predicted octanol–water partition coefficient (Wildman–Crippen LogP) is 5.71. The number of anilines is 2. The van der Waals surface area contributed by atoms with E-state index in [2.05, 4.69) is 10.6 Å². The largest absolute Gasteiger partial charge is 0.459 e. The van der Waals surface area contributed by atoms with E-state index < -0.39 is 0 Å². The maximum atomic E-state index is 12.1. The molecule has 3 aromatic rings. The van der Waals surface area contributed by atoms with E-state index in [1.165, 1.54) is 18.0 Å². The molecule has 0 saturated carbocycles. The highest BCUT2D eigenvalue weighted by molar-refractivity contribution is 7.99. The van der Waals surface area contributed by atoms with E-state index >= 15 is 0 Å². The summed E-state index contributed by atoms with van der Waals surface area (Å²) in [5.41, 5.74) is 2.06. The normalized spacial score (nSPS) is 10.5. The molecule has 0 unspecified atom stereocenters. The molecule has 28 heavy (non-hydrogen) atoms. The van der Waals surface area contributed by atoms with Gasteiger partial charge in [0.05, 0.1) is 12.0 Å². The van der Waals surface area contributed by atoms with Gasteiger partial charge in [-0.05, 0) is 54.1 Å². The van der Waals surface area contributed by atoms with Gasteiger partial charge in [0.15, 0.2) is 5.76 Å². The molecular weight excluding hydrogens is 419 g/mol. The molecule has 0 atom stereocenters. The predicted molar refractivity (Wildman–Crippen MR) is 114 cm³/mol. The molecule has 1 heterocycles. The number of benzene rings is 2. The summed E-state index contributed by atoms with van der Waals surface area (Å²) >= 11 is 13.7. The first-order valence-corrected chi connectivity index (χ1v) is 10.2. The summed E-state index contributed by atoms with van der Waals surface area (Å²) in [4.78, 5) is 24.0. The highest BCUT2D eigenvalue weighted by Gasteiger charge is 2.10. The van der Waals surface area contributed by atoms with E-state index in [0.29, 0.717) is 27.2 Å². The van der Waals surface area contributed by atoms with E-state index in [4.69, 9.17) is 27.6 Å². The third-order valence-electron chi connectivity index (χ3n) is 3.71. The summed E-state index contributed by atoms with van der Waals surface area (Å²) in [6.45, 7) is 0. The molecule has 0 aliphatic rings. The first-order chi connectivity index (χ1) is 13.5. The van der Waals surface area contributed by atoms with Crippen molar-refractivity contribution in [2.75, 3.05) is 16.4 Å². The molecule has 2 amide bonds. The quantitative estimate of drug-likeness (QED) is 0.499. The standard InChI is InChI=1S/C20H16Cl2N2O3S/c21-16-3-1-4-17(22)15(16)11-28-12-19(25)23-13-6-8-14(9-7-13)24-20(26)18-5-2-10-27-18/h1-10H,11-12H2,(H,23,25)(H,24,26). The number of nitrogens with one attached hydrogen (secondary N) is 2. The highest BCUT2D eigenvalue weighted by Crippen LogP contribution is 2.28. The molecular formula is C20H16Cl2N2O3S. The summed E-state index contributed by atoms with van der Waals surface area (Å²) in [6, 6.07) is 15.4. The van der Waals surface area contributed by atoms with Crippen LogP contribution < -0.4 is 10.6 Å². The van der Waals surface area contributed by atoms with Crippen molar-refractivity contribution < 1.29 is 14.0 Å². The molecule has 0 radical (unpaired) electrons. The van der Waals surface area contributed by atoms with Gasteiger partial charge in [0.1, 0.15) is 0 Å². The van der Waals surface area contributed by atoms with Crippen molar-refractivity contribution in [1.29, 1.82) is 0 Å². The molecule has 8 heteroatoms. The van der Waals surface area contributed by atoms with E-state index in [1.54, 1.807) is 54.6 Å². The van der Waals surface area contributed by atoms with Crippen LogP contribution in [0, 0.1) is 0 Å². The minimum absolute atomic E-state index is 0.138. The lowest BCUT2D eigenvalue weighted by atomic mass is 10.2. The third-order valence-corrected chi connectivity index (χ3v) is 5.38. The van der Waals surface area contributed by atoms with Crippen molar-refractivity contribution in [1.82, 2.24) is 0 Å². The molecule has 5 nitrogen and oxygen atoms in total. The second kappa shape index (κ2) is 9.68. The number of rotatable bonds is 7. The third kappa shape index (κ3) is 5.55. The van der Waals surface area contributed by atoms with Crippen LogP contribution in [0.15, 0.2) is 65.3 Å². The Balaban J connectivity index is 1.47. The van der Waals surface area contributed by atoms with Crippen LogP contribution in [0.25, 0.3) is 0 Å². The minimum Gasteiger partial charge on any atom is -0.459 e. The van der Waals surface area contributed by atoms with Crippen molar-refractivity contribution >= 4 is 58.2 Å². The molecule has 2 aromatic carbocycles. The number of thioether (sulfide) groups is 1. The van der Waals surface area contributed by atoms with E-state index in [9.17, 15) is 9.59 Å². The maximum Gasteiger partial charge on any atom is 0.291 e. The molecule has 0 aliphatic carbocycles. The topological polar surface area (TPSA) is 71.3 Å². The molecule has 0 bridgehead atoms. The monoisotopic (exact) mass is 434 g/mol. The first kappa shape index (κ1) is 20.3. The molecule has 144 valence electrons. The number of furan rings is 1. The average molecular weight is 435 g/mol. The second-order valence-corrected chi connectivity index (χ2v) is 7.55. The number of carbonyl (C=O) groups is 2. The lowest BCUT2D eigenvalue weighted by Gasteiger charge is -2.08. The molecule has 3 rings (SSSR count). The van der Waals surface area contributed by atoms with Crippen LogP contribution in [0.4, 0.5) is 11.4 Å². The second-order valence-electron chi connectivity index (χ2n) is 5.75. The van der Waals surface area contributed by atoms with Gasteiger partial charge in [-0.3, -0.25) is 9.59 Å². The van der Waals surface area contributed by atoms with Crippen molar-refractivity contribution in [3.63, 3.8) is 0 Å². The highest BCUT2D eigenvalue weighted by atomic mass is 35.5. The Morgan fingerprint density at radius 2 is 1.54 bits per heavy atom. The number of halogens is 2. The lowest BCUT2D eigenvalue weighted by Crippen LogP contribution is -2.14. The van der Waals surface area contributed by atoms with Crippen LogP contribution >= 0.6 is 35.0 Å². The van der Waals surface area contributed by atoms with Gasteiger partial charge in [0.2, 0.25) is 5.91 Å². The average Bonchev–Trinajstić information content (AvgIpc) is 3.21. The number of amides is 2. The molecule has 0 saturated heterocycles. The fourth-order valence-electron chi connectivity index (χ4n) is 2.35. The first-order valence-electron chi connectivity index (χ1n) is 8.28. The van der Waals surface area contributed by atoms with Gasteiger partial charge in [-0.1, -0.05) is 29.3 Å². The Hall–Kier alpha value is -2.41. The number of hydrogen-bond donors (Lipinski definition) is 2. The van der Waals surface area contributed by atoms with Gasteiger partial charge in [-0.2, -0.15) is 0 Å². The zero-order chi connectivity index (χ0) is 19.9. The van der Waals surface area contributed by atoms with Gasteiger partial charge >= 0.3 is 0 Å². The van der Waals surface area contributed by atoms with Gasteiger partial charge in [-0.15, -0.1) is 11.8 Å². The summed E-state index contributed by atoms with van der Waals surface area (Å²) in [5, 5.41) is 6.70. The van der Waals surface area contributed by atoms with Crippen molar-refractivity contribution in [3.05, 3.63) is 82.2 Å². The lowest BCUT2D eigenvalue weighted by molar-refractivity contribution is -0.113. The maximum absolute atomic E-state index is 12.1. The fourth-order valence-corrected chi connectivity index (χ4v) is 3.91. The Bertz CT molecular complexity index is 940. The SMILES string of the molecule is O=C(CSCc1c(Cl)cccc1Cl)Nc1ccc(NC(=O)c2ccco2)cc1. The Morgan fingerprint density at radius 3 is 2.14 bits per heavy atom. The van der Waals surface area contributed by atoms with Crippen LogP contribution in [0.5, 0.6) is 0 Å². The summed E-state index contributed by atoms with van der Waals surface area (Å²) in [6.07, 6.45) is 1.44. The summed E-state index contributed by atoms with van der Waals surface area (Å²) < 4.78 is 5.04. The number of hydrogen-bond acceptors (Lipinski definition) is 4. The number of carbonyl (C=O) groups excluding carboxylic acids is 2. The summed E-state index contributed by atoms with van der Waals surface area (Å²) in [7, 11) is 0. The van der Waals surface area contributed by atoms with Crippen LogP contribution in [0.1, 0.15) is 16.1 Å². The Morgan fingerprint density at radius 1 is 0.893 bits per heavy atom. The van der Waals surface area contributed by atoms with Crippen molar-refractivity contribution in [2.45, 2.75) is 5.75 Å². The van der Waals surface area contributed by atoms with Crippen LogP contribution in [0.2, 0.25) is 10.0 Å².